The number of nitrogens with two attached hydrogens (primary N) is 1. The van der Waals surface area contributed by atoms with Crippen LogP contribution in [0.1, 0.15) is 22.7 Å². The van der Waals surface area contributed by atoms with E-state index in [-0.39, 0.29) is 12.5 Å². The highest BCUT2D eigenvalue weighted by molar-refractivity contribution is 5.83. The Balaban J connectivity index is 2.12. The number of aryl methyl sites for hydroxylation is 1. The van der Waals surface area contributed by atoms with E-state index in [9.17, 15) is 4.79 Å². The molecule has 0 aliphatic rings. The fourth-order valence-electron chi connectivity index (χ4n) is 2.52. The molecule has 25 heavy (non-hydrogen) atoms. The fraction of sp³-hybridized carbons (Fsp3) is 0.316. The predicted octanol–water partition coefficient (Wildman–Crippen LogP) is 2.34. The molecule has 1 amide bonds. The van der Waals surface area contributed by atoms with Gasteiger partial charge in [-0.25, -0.2) is 0 Å². The second-order valence-electron chi connectivity index (χ2n) is 5.60. The van der Waals surface area contributed by atoms with E-state index in [2.05, 4.69) is 5.32 Å². The highest BCUT2D eigenvalue weighted by Crippen LogP contribution is 2.39. The number of nitrogens with one attached hydrogen (secondary N) is 1. The summed E-state index contributed by atoms with van der Waals surface area (Å²) >= 11 is 0. The molecule has 134 valence electrons. The van der Waals surface area contributed by atoms with Crippen LogP contribution in [0, 0.1) is 6.92 Å². The average Bonchev–Trinajstić information content (AvgIpc) is 2.64. The lowest BCUT2D eigenvalue weighted by Gasteiger charge is -2.17. The normalized spacial score (nSPS) is 11.6. The molecule has 0 radical (unpaired) electrons. The van der Waals surface area contributed by atoms with Crippen molar-refractivity contribution < 1.29 is 19.0 Å². The minimum atomic E-state index is -0.730. The number of rotatable bonds is 7. The molecular weight excluding hydrogens is 320 g/mol. The van der Waals surface area contributed by atoms with E-state index in [0.29, 0.717) is 17.2 Å². The molecule has 6 nitrogen and oxygen atoms in total. The number of benzene rings is 2. The molecule has 2 rings (SSSR count). The summed E-state index contributed by atoms with van der Waals surface area (Å²) in [6.07, 6.45) is 0. The molecule has 0 bridgehead atoms. The third-order valence-corrected chi connectivity index (χ3v) is 3.96. The van der Waals surface area contributed by atoms with Crippen LogP contribution in [0.25, 0.3) is 0 Å². The van der Waals surface area contributed by atoms with Gasteiger partial charge in [0.05, 0.1) is 21.3 Å². The third-order valence-electron chi connectivity index (χ3n) is 3.96. The van der Waals surface area contributed by atoms with Gasteiger partial charge in [-0.1, -0.05) is 29.8 Å². The first-order valence-corrected chi connectivity index (χ1v) is 7.89. The number of carbonyl (C=O) groups excluding carboxylic acids is 1. The summed E-state index contributed by atoms with van der Waals surface area (Å²) in [5, 5.41) is 2.84. The van der Waals surface area contributed by atoms with Gasteiger partial charge in [-0.15, -0.1) is 0 Å². The standard InChI is InChI=1S/C19H24N2O4/c1-12-5-7-13(8-6-12)16(20)19(22)21-11-14-9-10-15(23-2)18(25-4)17(14)24-3/h5-10,16H,11,20H2,1-4H3,(H,21,22). The lowest BCUT2D eigenvalue weighted by molar-refractivity contribution is -0.122. The zero-order chi connectivity index (χ0) is 18.4. The Kier molecular flexibility index (Phi) is 6.25. The topological polar surface area (TPSA) is 82.8 Å². The maximum atomic E-state index is 12.3. The molecule has 0 spiro atoms. The lowest BCUT2D eigenvalue weighted by Crippen LogP contribution is -2.33. The van der Waals surface area contributed by atoms with Crippen molar-refractivity contribution in [2.24, 2.45) is 5.73 Å². The van der Waals surface area contributed by atoms with Gasteiger partial charge in [0.1, 0.15) is 6.04 Å². The first-order valence-electron chi connectivity index (χ1n) is 7.89. The van der Waals surface area contributed by atoms with Crippen molar-refractivity contribution in [2.45, 2.75) is 19.5 Å². The third kappa shape index (κ3) is 4.22. The van der Waals surface area contributed by atoms with Gasteiger partial charge < -0.3 is 25.3 Å². The first kappa shape index (κ1) is 18.6. The van der Waals surface area contributed by atoms with Gasteiger partial charge in [-0.05, 0) is 24.6 Å². The Labute approximate surface area is 147 Å². The molecule has 1 atom stereocenters. The zero-order valence-electron chi connectivity index (χ0n) is 15.0. The SMILES string of the molecule is COc1ccc(CNC(=O)C(N)c2ccc(C)cc2)c(OC)c1OC. The van der Waals surface area contributed by atoms with Gasteiger partial charge in [0.15, 0.2) is 11.5 Å². The molecule has 0 aliphatic heterocycles. The highest BCUT2D eigenvalue weighted by atomic mass is 16.5. The van der Waals surface area contributed by atoms with Gasteiger partial charge in [0.2, 0.25) is 11.7 Å². The van der Waals surface area contributed by atoms with Crippen molar-refractivity contribution in [1.82, 2.24) is 5.32 Å². The Bertz CT molecular complexity index is 729. The molecule has 0 fully saturated rings. The number of ether oxygens (including phenoxy) is 3. The predicted molar refractivity (Wildman–Crippen MR) is 96.1 cm³/mol. The van der Waals surface area contributed by atoms with Crippen molar-refractivity contribution in [2.75, 3.05) is 21.3 Å². The van der Waals surface area contributed by atoms with Crippen LogP contribution < -0.4 is 25.3 Å². The zero-order valence-corrected chi connectivity index (χ0v) is 15.0. The lowest BCUT2D eigenvalue weighted by atomic mass is 10.1. The van der Waals surface area contributed by atoms with E-state index in [1.165, 1.54) is 7.11 Å². The van der Waals surface area contributed by atoms with Crippen molar-refractivity contribution in [1.29, 1.82) is 0 Å². The minimum Gasteiger partial charge on any atom is -0.493 e. The van der Waals surface area contributed by atoms with E-state index in [1.54, 1.807) is 20.3 Å². The number of carbonyl (C=O) groups is 1. The van der Waals surface area contributed by atoms with Crippen molar-refractivity contribution in [3.63, 3.8) is 0 Å². The van der Waals surface area contributed by atoms with Crippen LogP contribution in [0.2, 0.25) is 0 Å². The molecule has 2 aromatic rings. The summed E-state index contributed by atoms with van der Waals surface area (Å²) in [5.74, 6) is 1.30. The molecule has 3 N–H and O–H groups in total. The van der Waals surface area contributed by atoms with E-state index < -0.39 is 6.04 Å². The Hall–Kier alpha value is -2.73. The second kappa shape index (κ2) is 8.39. The van der Waals surface area contributed by atoms with Crippen molar-refractivity contribution >= 4 is 5.91 Å². The molecule has 6 heteroatoms. The van der Waals surface area contributed by atoms with Gasteiger partial charge in [-0.3, -0.25) is 4.79 Å². The van der Waals surface area contributed by atoms with Crippen molar-refractivity contribution in [3.8, 4) is 17.2 Å². The van der Waals surface area contributed by atoms with E-state index in [4.69, 9.17) is 19.9 Å². The fourth-order valence-corrected chi connectivity index (χ4v) is 2.52. The first-order chi connectivity index (χ1) is 12.0. The molecule has 1 unspecified atom stereocenters. The summed E-state index contributed by atoms with van der Waals surface area (Å²) in [5.41, 5.74) is 8.69. The largest absolute Gasteiger partial charge is 0.493 e. The average molecular weight is 344 g/mol. The monoisotopic (exact) mass is 344 g/mol. The van der Waals surface area contributed by atoms with Crippen LogP contribution >= 0.6 is 0 Å². The van der Waals surface area contributed by atoms with E-state index in [0.717, 1.165) is 16.7 Å². The molecule has 0 aliphatic carbocycles. The molecule has 2 aromatic carbocycles. The van der Waals surface area contributed by atoms with Gasteiger partial charge in [0, 0.05) is 12.1 Å². The van der Waals surface area contributed by atoms with Crippen molar-refractivity contribution in [3.05, 3.63) is 53.1 Å². The number of hydrogen-bond acceptors (Lipinski definition) is 5. The Morgan fingerprint density at radius 3 is 2.20 bits per heavy atom. The van der Waals surface area contributed by atoms with E-state index in [1.807, 2.05) is 37.3 Å². The van der Waals surface area contributed by atoms with Crippen LogP contribution in [0.15, 0.2) is 36.4 Å². The van der Waals surface area contributed by atoms with Crippen LogP contribution in [0.3, 0.4) is 0 Å². The second-order valence-corrected chi connectivity index (χ2v) is 5.60. The number of methoxy groups -OCH3 is 3. The summed E-state index contributed by atoms with van der Waals surface area (Å²) in [6, 6.07) is 10.4. The van der Waals surface area contributed by atoms with Crippen LogP contribution in [0.5, 0.6) is 17.2 Å². The summed E-state index contributed by atoms with van der Waals surface area (Å²) < 4.78 is 16.0. The maximum absolute atomic E-state index is 12.3. The molecule has 0 saturated heterocycles. The number of hydrogen-bond donors (Lipinski definition) is 2. The molecule has 0 aromatic heterocycles. The molecular formula is C19H24N2O4. The Morgan fingerprint density at radius 2 is 1.64 bits per heavy atom. The minimum absolute atomic E-state index is 0.263. The van der Waals surface area contributed by atoms with E-state index >= 15 is 0 Å². The smallest absolute Gasteiger partial charge is 0.241 e. The Morgan fingerprint density at radius 1 is 1.00 bits per heavy atom. The van der Waals surface area contributed by atoms with Crippen LogP contribution in [-0.4, -0.2) is 27.2 Å². The van der Waals surface area contributed by atoms with Crippen LogP contribution in [0.4, 0.5) is 0 Å². The molecule has 0 saturated carbocycles. The number of amides is 1. The highest BCUT2D eigenvalue weighted by Gasteiger charge is 2.19. The summed E-state index contributed by atoms with van der Waals surface area (Å²) in [4.78, 5) is 12.3. The quantitative estimate of drug-likeness (QED) is 0.805. The van der Waals surface area contributed by atoms with Gasteiger partial charge in [-0.2, -0.15) is 0 Å². The summed E-state index contributed by atoms with van der Waals surface area (Å²) in [6.45, 7) is 2.25. The van der Waals surface area contributed by atoms with Gasteiger partial charge in [0.25, 0.3) is 0 Å². The van der Waals surface area contributed by atoms with Crippen LogP contribution in [-0.2, 0) is 11.3 Å². The molecule has 0 heterocycles. The summed E-state index contributed by atoms with van der Waals surface area (Å²) in [7, 11) is 4.63. The van der Waals surface area contributed by atoms with Gasteiger partial charge >= 0.3 is 0 Å². The maximum Gasteiger partial charge on any atom is 0.241 e.